The third kappa shape index (κ3) is 5.21. The Morgan fingerprint density at radius 1 is 1.19 bits per heavy atom. The molecule has 0 fully saturated rings. The molecule has 0 aliphatic carbocycles. The molecule has 6 heteroatoms. The van der Waals surface area contributed by atoms with Gasteiger partial charge in [0.15, 0.2) is 0 Å². The van der Waals surface area contributed by atoms with Crippen LogP contribution in [0, 0.1) is 11.3 Å². The number of nitriles is 1. The molecule has 0 radical (unpaired) electrons. The number of benzene rings is 2. The zero-order chi connectivity index (χ0) is 19.1. The highest BCUT2D eigenvalue weighted by molar-refractivity contribution is 6.09. The Labute approximate surface area is 151 Å². The number of nitrogens with one attached hydrogen (secondary N) is 1. The number of carbonyl (C=O) groups excluding carboxylic acids is 1. The lowest BCUT2D eigenvalue weighted by atomic mass is 10.1. The van der Waals surface area contributed by atoms with Crippen LogP contribution in [0.4, 0.5) is 5.69 Å². The zero-order valence-electron chi connectivity index (χ0n) is 14.4. The number of carboxylic acids is 1. The highest BCUT2D eigenvalue weighted by Crippen LogP contribution is 2.19. The van der Waals surface area contributed by atoms with Crippen LogP contribution in [0.25, 0.3) is 6.08 Å². The first kappa shape index (κ1) is 18.7. The van der Waals surface area contributed by atoms with Gasteiger partial charge in [0.2, 0.25) is 0 Å². The highest BCUT2D eigenvalue weighted by Gasteiger charge is 2.11. The summed E-state index contributed by atoms with van der Waals surface area (Å²) in [5.74, 6) is -0.983. The van der Waals surface area contributed by atoms with Crippen LogP contribution in [0.5, 0.6) is 5.75 Å². The molecule has 0 atom stereocenters. The van der Waals surface area contributed by atoms with Crippen molar-refractivity contribution in [1.82, 2.24) is 0 Å². The lowest BCUT2D eigenvalue weighted by Gasteiger charge is -2.11. The average Bonchev–Trinajstić information content (AvgIpc) is 2.59. The number of amides is 1. The number of ether oxygens (including phenoxy) is 1. The molecule has 1 amide bonds. The molecule has 2 aromatic rings. The molecule has 0 saturated carbocycles. The van der Waals surface area contributed by atoms with Gasteiger partial charge in [0.05, 0.1) is 11.7 Å². The van der Waals surface area contributed by atoms with Crippen molar-refractivity contribution in [2.45, 2.75) is 20.0 Å². The van der Waals surface area contributed by atoms with E-state index in [0.717, 1.165) is 0 Å². The van der Waals surface area contributed by atoms with Crippen molar-refractivity contribution in [2.24, 2.45) is 0 Å². The Balaban J connectivity index is 2.16. The first-order valence-electron chi connectivity index (χ1n) is 7.92. The molecule has 26 heavy (non-hydrogen) atoms. The van der Waals surface area contributed by atoms with Gasteiger partial charge in [0.25, 0.3) is 5.91 Å². The third-order valence-electron chi connectivity index (χ3n) is 3.30. The van der Waals surface area contributed by atoms with Crippen molar-refractivity contribution in [2.75, 3.05) is 5.32 Å². The van der Waals surface area contributed by atoms with E-state index >= 15 is 0 Å². The summed E-state index contributed by atoms with van der Waals surface area (Å²) in [5.41, 5.74) is 1.10. The van der Waals surface area contributed by atoms with E-state index in [4.69, 9.17) is 9.84 Å². The number of hydrogen-bond donors (Lipinski definition) is 2. The van der Waals surface area contributed by atoms with E-state index in [1.54, 1.807) is 24.3 Å². The van der Waals surface area contributed by atoms with Crippen LogP contribution in [-0.2, 0) is 4.79 Å². The van der Waals surface area contributed by atoms with Crippen LogP contribution < -0.4 is 10.1 Å². The van der Waals surface area contributed by atoms with Crippen molar-refractivity contribution in [3.05, 3.63) is 65.2 Å². The van der Waals surface area contributed by atoms with Gasteiger partial charge < -0.3 is 15.2 Å². The van der Waals surface area contributed by atoms with Gasteiger partial charge >= 0.3 is 5.97 Å². The number of anilines is 1. The standard InChI is InChI=1S/C20H18N2O4/c1-13(2)26-18-5-3-4-17(11-18)22-19(23)16(12-21)10-14-6-8-15(9-7-14)20(24)25/h3-11,13H,1-2H3,(H,22,23)(H,24,25)/b16-10-. The van der Waals surface area contributed by atoms with E-state index in [-0.39, 0.29) is 17.2 Å². The topological polar surface area (TPSA) is 99.4 Å². The molecule has 0 bridgehead atoms. The highest BCUT2D eigenvalue weighted by atomic mass is 16.5. The molecule has 0 unspecified atom stereocenters. The molecule has 2 N–H and O–H groups in total. The van der Waals surface area contributed by atoms with Crippen LogP contribution in [0.1, 0.15) is 29.8 Å². The van der Waals surface area contributed by atoms with Gasteiger partial charge in [-0.05, 0) is 49.8 Å². The second-order valence-corrected chi connectivity index (χ2v) is 5.75. The number of carboxylic acid groups (broad SMARTS) is 1. The van der Waals surface area contributed by atoms with E-state index in [1.165, 1.54) is 30.3 Å². The van der Waals surface area contributed by atoms with Crippen molar-refractivity contribution in [1.29, 1.82) is 5.26 Å². The monoisotopic (exact) mass is 350 g/mol. The Bertz CT molecular complexity index is 877. The first-order valence-corrected chi connectivity index (χ1v) is 7.92. The van der Waals surface area contributed by atoms with Gasteiger partial charge in [-0.3, -0.25) is 4.79 Å². The van der Waals surface area contributed by atoms with Gasteiger partial charge in [0, 0.05) is 11.8 Å². The summed E-state index contributed by atoms with van der Waals surface area (Å²) in [5, 5.41) is 20.8. The lowest BCUT2D eigenvalue weighted by Crippen LogP contribution is -2.13. The lowest BCUT2D eigenvalue weighted by molar-refractivity contribution is -0.112. The number of carbonyl (C=O) groups is 2. The van der Waals surface area contributed by atoms with Crippen molar-refractivity contribution in [3.8, 4) is 11.8 Å². The SMILES string of the molecule is CC(C)Oc1cccc(NC(=O)/C(C#N)=C\c2ccc(C(=O)O)cc2)c1. The molecule has 0 heterocycles. The number of aromatic carboxylic acids is 1. The Morgan fingerprint density at radius 2 is 1.88 bits per heavy atom. The molecular formula is C20H18N2O4. The molecule has 0 aliphatic heterocycles. The Morgan fingerprint density at radius 3 is 2.46 bits per heavy atom. The van der Waals surface area contributed by atoms with Crippen molar-refractivity contribution >= 4 is 23.6 Å². The minimum Gasteiger partial charge on any atom is -0.491 e. The molecule has 2 rings (SSSR count). The minimum atomic E-state index is -1.04. The van der Waals surface area contributed by atoms with Gasteiger partial charge in [-0.2, -0.15) is 5.26 Å². The van der Waals surface area contributed by atoms with E-state index < -0.39 is 11.9 Å². The van der Waals surface area contributed by atoms with Gasteiger partial charge in [0.1, 0.15) is 17.4 Å². The summed E-state index contributed by atoms with van der Waals surface area (Å²) >= 11 is 0. The fourth-order valence-corrected chi connectivity index (χ4v) is 2.15. The maximum Gasteiger partial charge on any atom is 0.335 e. The molecule has 0 saturated heterocycles. The number of hydrogen-bond acceptors (Lipinski definition) is 4. The largest absolute Gasteiger partial charge is 0.491 e. The molecule has 6 nitrogen and oxygen atoms in total. The van der Waals surface area contributed by atoms with Gasteiger partial charge in [-0.25, -0.2) is 4.79 Å². The fourth-order valence-electron chi connectivity index (χ4n) is 2.15. The Hall–Kier alpha value is -3.59. The predicted octanol–water partition coefficient (Wildman–Crippen LogP) is 3.72. The quantitative estimate of drug-likeness (QED) is 0.611. The van der Waals surface area contributed by atoms with E-state index in [9.17, 15) is 14.9 Å². The Kier molecular flexibility index (Phi) is 6.12. The smallest absolute Gasteiger partial charge is 0.335 e. The molecule has 132 valence electrons. The summed E-state index contributed by atoms with van der Waals surface area (Å²) in [6.45, 7) is 3.80. The molecule has 0 aromatic heterocycles. The summed E-state index contributed by atoms with van der Waals surface area (Å²) in [4.78, 5) is 23.2. The third-order valence-corrected chi connectivity index (χ3v) is 3.30. The fraction of sp³-hybridized carbons (Fsp3) is 0.150. The van der Waals surface area contributed by atoms with Crippen LogP contribution in [0.3, 0.4) is 0 Å². The van der Waals surface area contributed by atoms with E-state index in [1.807, 2.05) is 19.9 Å². The summed E-state index contributed by atoms with van der Waals surface area (Å²) in [6.07, 6.45) is 1.40. The average molecular weight is 350 g/mol. The molecule has 0 spiro atoms. The van der Waals surface area contributed by atoms with E-state index in [2.05, 4.69) is 5.32 Å². The van der Waals surface area contributed by atoms with Crippen molar-refractivity contribution < 1.29 is 19.4 Å². The number of rotatable bonds is 6. The maximum atomic E-state index is 12.3. The zero-order valence-corrected chi connectivity index (χ0v) is 14.4. The number of nitrogens with zero attached hydrogens (tertiary/aromatic N) is 1. The summed E-state index contributed by atoms with van der Waals surface area (Å²) in [7, 11) is 0. The van der Waals surface area contributed by atoms with Crippen LogP contribution >= 0.6 is 0 Å². The summed E-state index contributed by atoms with van der Waals surface area (Å²) in [6, 6.07) is 14.6. The van der Waals surface area contributed by atoms with Gasteiger partial charge in [-0.1, -0.05) is 18.2 Å². The van der Waals surface area contributed by atoms with E-state index in [0.29, 0.717) is 17.0 Å². The molecular weight excluding hydrogens is 332 g/mol. The maximum absolute atomic E-state index is 12.3. The van der Waals surface area contributed by atoms with Crippen LogP contribution in [-0.4, -0.2) is 23.1 Å². The van der Waals surface area contributed by atoms with Crippen LogP contribution in [0.15, 0.2) is 54.1 Å². The minimum absolute atomic E-state index is 0.00397. The molecule has 2 aromatic carbocycles. The van der Waals surface area contributed by atoms with Crippen molar-refractivity contribution in [3.63, 3.8) is 0 Å². The second-order valence-electron chi connectivity index (χ2n) is 5.75. The summed E-state index contributed by atoms with van der Waals surface area (Å²) < 4.78 is 5.57. The first-order chi connectivity index (χ1) is 12.4. The molecule has 0 aliphatic rings. The predicted molar refractivity (Wildman–Crippen MR) is 97.8 cm³/mol. The van der Waals surface area contributed by atoms with Gasteiger partial charge in [-0.15, -0.1) is 0 Å². The second kappa shape index (κ2) is 8.49. The normalized spacial score (nSPS) is 10.9. The van der Waals surface area contributed by atoms with Crippen LogP contribution in [0.2, 0.25) is 0 Å².